The summed E-state index contributed by atoms with van der Waals surface area (Å²) in [4.78, 5) is 10.2. The van der Waals surface area contributed by atoms with Crippen molar-refractivity contribution < 1.29 is 18.7 Å². The van der Waals surface area contributed by atoms with Gasteiger partial charge in [-0.1, -0.05) is 76.0 Å². The normalized spacial score (nSPS) is 22.0. The van der Waals surface area contributed by atoms with Crippen molar-refractivity contribution in [3.8, 4) is 6.07 Å². The number of carbonyl (C=O) groups excluding carboxylic acids is 1. The molecule has 3 heterocycles. The molecular weight excluding hydrogens is 633 g/mol. The standard InChI is InChI=1S/C22H22Cl2F2N2.C10H16N4O2.C2H6/c1-21(2,3)10-19-22(12-27,15-8-7-13(23)9-18(15)25)16(11-28-19)14-5-4-6-17(24)20(14)26;15-8-12-9-1-6-14(13-9)7-10(16)2-4-11-5-3-10;1-2/h4-9,16,19,28H,10-11H2,1-3H3;1,6,8,11,16H,2-5,7H2,(H,12,13,15);1-2H3/t16?,19?,22-;;/m1../s1. The molecule has 12 heteroatoms. The molecule has 46 heavy (non-hydrogen) atoms. The van der Waals surface area contributed by atoms with E-state index in [1.54, 1.807) is 41.2 Å². The van der Waals surface area contributed by atoms with E-state index in [2.05, 4.69) is 47.9 Å². The van der Waals surface area contributed by atoms with E-state index in [-0.39, 0.29) is 27.1 Å². The predicted octanol–water partition coefficient (Wildman–Crippen LogP) is 6.82. The maximum absolute atomic E-state index is 15.0. The number of benzene rings is 2. The molecule has 3 aromatic rings. The lowest BCUT2D eigenvalue weighted by atomic mass is 9.64. The molecule has 2 fully saturated rings. The first-order valence-corrected chi connectivity index (χ1v) is 16.3. The van der Waals surface area contributed by atoms with E-state index in [4.69, 9.17) is 23.2 Å². The second kappa shape index (κ2) is 16.2. The highest BCUT2D eigenvalue weighted by Crippen LogP contribution is 2.50. The number of rotatable bonds is 7. The van der Waals surface area contributed by atoms with Crippen LogP contribution in [0.15, 0.2) is 48.7 Å². The van der Waals surface area contributed by atoms with Crippen LogP contribution < -0.4 is 16.0 Å². The molecule has 4 N–H and O–H groups in total. The molecule has 0 radical (unpaired) electrons. The minimum atomic E-state index is -1.30. The lowest BCUT2D eigenvalue weighted by Gasteiger charge is -2.37. The Bertz CT molecular complexity index is 1500. The minimum absolute atomic E-state index is 0.0137. The third-order valence-corrected chi connectivity index (χ3v) is 8.77. The van der Waals surface area contributed by atoms with Gasteiger partial charge >= 0.3 is 0 Å². The third-order valence-electron chi connectivity index (χ3n) is 8.24. The number of anilines is 1. The molecule has 0 saturated carbocycles. The third kappa shape index (κ3) is 8.84. The first-order valence-electron chi connectivity index (χ1n) is 15.5. The molecule has 2 unspecified atom stereocenters. The van der Waals surface area contributed by atoms with Gasteiger partial charge in [-0.05, 0) is 61.5 Å². The summed E-state index contributed by atoms with van der Waals surface area (Å²) in [5, 5.41) is 34.1. The van der Waals surface area contributed by atoms with E-state index in [0.717, 1.165) is 25.9 Å². The van der Waals surface area contributed by atoms with E-state index in [1.165, 1.54) is 12.1 Å². The summed E-state index contributed by atoms with van der Waals surface area (Å²) in [6.45, 7) is 12.6. The Hall–Kier alpha value is -3.07. The predicted molar refractivity (Wildman–Crippen MR) is 179 cm³/mol. The molecule has 3 atom stereocenters. The van der Waals surface area contributed by atoms with Crippen molar-refractivity contribution in [3.05, 3.63) is 81.5 Å². The largest absolute Gasteiger partial charge is 0.388 e. The van der Waals surface area contributed by atoms with Gasteiger partial charge in [0.2, 0.25) is 6.41 Å². The second-order valence-electron chi connectivity index (χ2n) is 12.7. The zero-order valence-electron chi connectivity index (χ0n) is 27.0. The lowest BCUT2D eigenvalue weighted by Crippen LogP contribution is -2.44. The first kappa shape index (κ1) is 37.4. The number of hydrogen-bond donors (Lipinski definition) is 4. The lowest BCUT2D eigenvalue weighted by molar-refractivity contribution is -0.105. The van der Waals surface area contributed by atoms with E-state index < -0.39 is 28.6 Å². The van der Waals surface area contributed by atoms with Crippen LogP contribution in [0.1, 0.15) is 70.9 Å². The van der Waals surface area contributed by atoms with Crippen LogP contribution in [0.5, 0.6) is 0 Å². The Kier molecular flexibility index (Phi) is 13.1. The highest BCUT2D eigenvalue weighted by atomic mass is 35.5. The van der Waals surface area contributed by atoms with Crippen molar-refractivity contribution in [2.24, 2.45) is 5.41 Å². The van der Waals surface area contributed by atoms with Crippen LogP contribution in [0.2, 0.25) is 10.0 Å². The molecule has 1 amide bonds. The summed E-state index contributed by atoms with van der Waals surface area (Å²) >= 11 is 11.9. The number of amides is 1. The highest BCUT2D eigenvalue weighted by Gasteiger charge is 2.55. The number of nitrogens with zero attached hydrogens (tertiary/aromatic N) is 3. The summed E-state index contributed by atoms with van der Waals surface area (Å²) in [6.07, 6.45) is 4.41. The zero-order valence-corrected chi connectivity index (χ0v) is 28.5. The number of aromatic nitrogens is 2. The molecule has 2 saturated heterocycles. The second-order valence-corrected chi connectivity index (χ2v) is 13.5. The van der Waals surface area contributed by atoms with Crippen molar-refractivity contribution in [3.63, 3.8) is 0 Å². The number of carbonyl (C=O) groups is 1. The van der Waals surface area contributed by atoms with Crippen LogP contribution in [-0.4, -0.2) is 52.6 Å². The molecule has 2 aliphatic rings. The van der Waals surface area contributed by atoms with Gasteiger partial charge in [-0.25, -0.2) is 8.78 Å². The molecule has 5 rings (SSSR count). The van der Waals surface area contributed by atoms with Crippen LogP contribution in [0.25, 0.3) is 0 Å². The van der Waals surface area contributed by atoms with Crippen molar-refractivity contribution in [1.82, 2.24) is 20.4 Å². The Morgan fingerprint density at radius 3 is 2.48 bits per heavy atom. The molecule has 0 aliphatic carbocycles. The first-order chi connectivity index (χ1) is 21.8. The molecule has 0 bridgehead atoms. The summed E-state index contributed by atoms with van der Waals surface area (Å²) < 4.78 is 31.6. The van der Waals surface area contributed by atoms with Crippen molar-refractivity contribution in [2.45, 2.75) is 83.4 Å². The van der Waals surface area contributed by atoms with Crippen molar-refractivity contribution in [1.29, 1.82) is 5.26 Å². The smallest absolute Gasteiger partial charge is 0.212 e. The number of piperidine rings is 1. The molecule has 1 aromatic heterocycles. The summed E-state index contributed by atoms with van der Waals surface area (Å²) in [5.74, 6) is -1.22. The zero-order chi connectivity index (χ0) is 34.1. The molecule has 2 aromatic carbocycles. The number of nitriles is 1. The average molecular weight is 678 g/mol. The van der Waals surface area contributed by atoms with Crippen LogP contribution in [0.3, 0.4) is 0 Å². The fourth-order valence-electron chi connectivity index (χ4n) is 6.17. The topological polar surface area (TPSA) is 115 Å². The number of halogens is 4. The SMILES string of the molecule is CC.CC(C)(C)CC1NCC(c2cccc(Cl)c2F)[C@@]1(C#N)c1ccc(Cl)cc1F.O=CNc1ccn(CC2(O)CCNCC2)n1. The Balaban J connectivity index is 0.000000271. The fourth-order valence-corrected chi connectivity index (χ4v) is 6.51. The van der Waals surface area contributed by atoms with Gasteiger partial charge in [-0.3, -0.25) is 9.48 Å². The molecule has 250 valence electrons. The van der Waals surface area contributed by atoms with Crippen molar-refractivity contribution in [2.75, 3.05) is 25.0 Å². The van der Waals surface area contributed by atoms with Crippen LogP contribution >= 0.6 is 23.2 Å². The van der Waals surface area contributed by atoms with Crippen LogP contribution in [-0.2, 0) is 16.8 Å². The monoisotopic (exact) mass is 676 g/mol. The Morgan fingerprint density at radius 1 is 1.17 bits per heavy atom. The Morgan fingerprint density at radius 2 is 1.87 bits per heavy atom. The summed E-state index contributed by atoms with van der Waals surface area (Å²) in [5.41, 5.74) is -1.57. The molecule has 0 spiro atoms. The molecule has 8 nitrogen and oxygen atoms in total. The van der Waals surface area contributed by atoms with Gasteiger partial charge in [0.15, 0.2) is 5.82 Å². The van der Waals surface area contributed by atoms with Gasteiger partial charge in [-0.15, -0.1) is 0 Å². The van der Waals surface area contributed by atoms with E-state index in [0.29, 0.717) is 37.3 Å². The van der Waals surface area contributed by atoms with Gasteiger partial charge in [0.25, 0.3) is 0 Å². The van der Waals surface area contributed by atoms with Gasteiger partial charge < -0.3 is 21.1 Å². The highest BCUT2D eigenvalue weighted by molar-refractivity contribution is 6.31. The van der Waals surface area contributed by atoms with Gasteiger partial charge in [0.05, 0.1) is 23.2 Å². The maximum atomic E-state index is 15.0. The van der Waals surface area contributed by atoms with Crippen LogP contribution in [0.4, 0.5) is 14.6 Å². The average Bonchev–Trinajstić information content (AvgIpc) is 3.59. The molecular formula is C34H44Cl2F2N6O2. The number of aliphatic hydroxyl groups is 1. The van der Waals surface area contributed by atoms with E-state index >= 15 is 4.39 Å². The van der Waals surface area contributed by atoms with Gasteiger partial charge in [-0.2, -0.15) is 10.4 Å². The fraction of sp³-hybridized carbons (Fsp3) is 0.500. The Labute approximate surface area is 280 Å². The maximum Gasteiger partial charge on any atom is 0.212 e. The van der Waals surface area contributed by atoms with E-state index in [9.17, 15) is 19.6 Å². The quantitative estimate of drug-likeness (QED) is 0.204. The molecule has 2 aliphatic heterocycles. The van der Waals surface area contributed by atoms with Gasteiger partial charge in [0.1, 0.15) is 17.0 Å². The van der Waals surface area contributed by atoms with E-state index in [1.807, 2.05) is 13.8 Å². The summed E-state index contributed by atoms with van der Waals surface area (Å²) in [7, 11) is 0. The van der Waals surface area contributed by atoms with Crippen LogP contribution in [0, 0.1) is 28.4 Å². The van der Waals surface area contributed by atoms with Crippen molar-refractivity contribution >= 4 is 35.4 Å². The number of hydrogen-bond acceptors (Lipinski definition) is 6. The minimum Gasteiger partial charge on any atom is -0.388 e. The summed E-state index contributed by atoms with van der Waals surface area (Å²) in [6, 6.07) is 12.8. The number of nitrogens with one attached hydrogen (secondary N) is 3. The van der Waals surface area contributed by atoms with Gasteiger partial charge in [0, 0.05) is 41.4 Å².